The van der Waals surface area contributed by atoms with Gasteiger partial charge in [0.2, 0.25) is 11.8 Å². The summed E-state index contributed by atoms with van der Waals surface area (Å²) in [6.45, 7) is 1.14. The smallest absolute Gasteiger partial charge is 0.406 e. The summed E-state index contributed by atoms with van der Waals surface area (Å²) in [5.41, 5.74) is 2.00. The van der Waals surface area contributed by atoms with Gasteiger partial charge in [-0.2, -0.15) is 0 Å². The van der Waals surface area contributed by atoms with Crippen molar-refractivity contribution in [3.05, 3.63) is 64.6 Å². The van der Waals surface area contributed by atoms with Gasteiger partial charge in [0.25, 0.3) is 5.91 Å². The average Bonchev–Trinajstić information content (AvgIpc) is 3.42. The number of halogens is 3. The highest BCUT2D eigenvalue weighted by Crippen LogP contribution is 2.33. The summed E-state index contributed by atoms with van der Waals surface area (Å²) in [6, 6.07) is 12.4. The Hall–Kier alpha value is -3.93. The van der Waals surface area contributed by atoms with Crippen molar-refractivity contribution in [3.63, 3.8) is 0 Å². The van der Waals surface area contributed by atoms with Gasteiger partial charge in [0.1, 0.15) is 11.4 Å². The van der Waals surface area contributed by atoms with E-state index in [9.17, 15) is 27.6 Å². The fourth-order valence-corrected chi connectivity index (χ4v) is 5.30. The third kappa shape index (κ3) is 7.56. The summed E-state index contributed by atoms with van der Waals surface area (Å²) in [6.07, 6.45) is -2.99. The number of nitrogens with one attached hydrogen (secondary N) is 2. The number of amides is 3. The van der Waals surface area contributed by atoms with Crippen molar-refractivity contribution in [1.29, 1.82) is 0 Å². The summed E-state index contributed by atoms with van der Waals surface area (Å²) < 4.78 is 41.3. The number of aromatic nitrogens is 1. The Bertz CT molecular complexity index is 1320. The zero-order chi connectivity index (χ0) is 28.0. The van der Waals surface area contributed by atoms with Crippen LogP contribution in [0.5, 0.6) is 5.75 Å². The van der Waals surface area contributed by atoms with Gasteiger partial charge in [0.15, 0.2) is 0 Å². The monoisotopic (exact) mass is 560 g/mol. The van der Waals surface area contributed by atoms with E-state index < -0.39 is 12.3 Å². The number of anilines is 1. The van der Waals surface area contributed by atoms with Gasteiger partial charge in [0.05, 0.1) is 5.01 Å². The first kappa shape index (κ1) is 28.1. The van der Waals surface area contributed by atoms with E-state index in [1.165, 1.54) is 35.6 Å². The molecule has 0 saturated carbocycles. The highest BCUT2D eigenvalue weighted by Gasteiger charge is 2.31. The number of nitrogens with zero attached hydrogens (tertiary/aromatic N) is 2. The lowest BCUT2D eigenvalue weighted by molar-refractivity contribution is -0.274. The molecule has 1 aromatic heterocycles. The van der Waals surface area contributed by atoms with Crippen LogP contribution in [-0.4, -0.2) is 54.1 Å². The number of rotatable bonds is 8. The summed E-state index contributed by atoms with van der Waals surface area (Å²) in [7, 11) is 1.54. The van der Waals surface area contributed by atoms with Crippen LogP contribution in [0.1, 0.15) is 47.1 Å². The maximum atomic E-state index is 13.0. The van der Waals surface area contributed by atoms with Gasteiger partial charge >= 0.3 is 6.36 Å². The van der Waals surface area contributed by atoms with Gasteiger partial charge in [-0.25, -0.2) is 4.98 Å². The van der Waals surface area contributed by atoms with Crippen LogP contribution in [0.3, 0.4) is 0 Å². The van der Waals surface area contributed by atoms with Crippen LogP contribution < -0.4 is 15.4 Å². The molecular formula is C27H27F3N4O4S. The molecule has 0 spiro atoms. The third-order valence-electron chi connectivity index (χ3n) is 6.37. The van der Waals surface area contributed by atoms with Crippen LogP contribution >= 0.6 is 11.3 Å². The Morgan fingerprint density at radius 1 is 1.05 bits per heavy atom. The van der Waals surface area contributed by atoms with Crippen molar-refractivity contribution < 1.29 is 32.3 Å². The second-order valence-corrected chi connectivity index (χ2v) is 9.86. The lowest BCUT2D eigenvalue weighted by Gasteiger charge is -2.31. The van der Waals surface area contributed by atoms with Crippen LogP contribution in [0.25, 0.3) is 11.1 Å². The first-order chi connectivity index (χ1) is 18.6. The quantitative estimate of drug-likeness (QED) is 0.395. The fourth-order valence-electron chi connectivity index (χ4n) is 4.33. The van der Waals surface area contributed by atoms with E-state index in [0.29, 0.717) is 29.9 Å². The van der Waals surface area contributed by atoms with Gasteiger partial charge in [-0.1, -0.05) is 30.3 Å². The Balaban J connectivity index is 1.36. The van der Waals surface area contributed by atoms with Crippen molar-refractivity contribution >= 4 is 34.7 Å². The molecule has 2 aromatic carbocycles. The minimum Gasteiger partial charge on any atom is -0.406 e. The number of carbonyl (C=O) groups is 3. The number of thiazole rings is 1. The number of hydrogen-bond donors (Lipinski definition) is 2. The average molecular weight is 561 g/mol. The van der Waals surface area contributed by atoms with Crippen LogP contribution in [0.15, 0.2) is 53.9 Å². The number of carbonyl (C=O) groups excluding carboxylic acids is 3. The topological polar surface area (TPSA) is 101 Å². The molecule has 12 heteroatoms. The molecule has 3 amide bonds. The van der Waals surface area contributed by atoms with Gasteiger partial charge in [-0.3, -0.25) is 14.4 Å². The number of ether oxygens (including phenoxy) is 1. The lowest BCUT2D eigenvalue weighted by Crippen LogP contribution is -2.38. The van der Waals surface area contributed by atoms with Crippen molar-refractivity contribution in [3.8, 4) is 16.9 Å². The minimum atomic E-state index is -4.78. The number of likely N-dealkylation sites (tertiary alicyclic amines) is 1. The SMILES string of the molecule is CNC(=O)CCC(=O)N1CCC(c2nc(C(=O)Nc3ccccc3-c3ccc(OC(F)(F)F)cc3)cs2)CC1. The molecule has 0 atom stereocenters. The van der Waals surface area contributed by atoms with Gasteiger partial charge in [-0.05, 0) is 36.6 Å². The molecule has 0 radical (unpaired) electrons. The van der Waals surface area contributed by atoms with Crippen LogP contribution in [0, 0.1) is 0 Å². The van der Waals surface area contributed by atoms with Gasteiger partial charge < -0.3 is 20.3 Å². The number of hydrogen-bond acceptors (Lipinski definition) is 6. The fraction of sp³-hybridized carbons (Fsp3) is 0.333. The molecule has 1 aliphatic heterocycles. The number of benzene rings is 2. The molecule has 0 bridgehead atoms. The molecule has 3 aromatic rings. The third-order valence-corrected chi connectivity index (χ3v) is 7.38. The first-order valence-corrected chi connectivity index (χ1v) is 13.2. The Morgan fingerprint density at radius 2 is 1.74 bits per heavy atom. The molecule has 0 unspecified atom stereocenters. The molecule has 4 rings (SSSR count). The van der Waals surface area contributed by atoms with Crippen LogP contribution in [0.2, 0.25) is 0 Å². The van der Waals surface area contributed by atoms with E-state index in [1.54, 1.807) is 41.6 Å². The zero-order valence-corrected chi connectivity index (χ0v) is 21.9. The van der Waals surface area contributed by atoms with E-state index in [1.807, 2.05) is 0 Å². The van der Waals surface area contributed by atoms with Gasteiger partial charge in [-0.15, -0.1) is 24.5 Å². The molecule has 1 aliphatic rings. The van der Waals surface area contributed by atoms with Gasteiger partial charge in [0, 0.05) is 55.5 Å². The summed E-state index contributed by atoms with van der Waals surface area (Å²) in [4.78, 5) is 43.1. The minimum absolute atomic E-state index is 0.0440. The van der Waals surface area contributed by atoms with E-state index >= 15 is 0 Å². The normalized spacial score (nSPS) is 14.1. The lowest BCUT2D eigenvalue weighted by atomic mass is 9.97. The molecule has 39 heavy (non-hydrogen) atoms. The predicted octanol–water partition coefficient (Wildman–Crippen LogP) is 5.19. The van der Waals surface area contributed by atoms with E-state index in [0.717, 1.165) is 17.8 Å². The number of piperidine rings is 1. The van der Waals surface area contributed by atoms with Crippen molar-refractivity contribution in [1.82, 2.24) is 15.2 Å². The Kier molecular flexibility index (Phi) is 8.85. The van der Waals surface area contributed by atoms with Crippen molar-refractivity contribution in [2.75, 3.05) is 25.5 Å². The van der Waals surface area contributed by atoms with E-state index in [4.69, 9.17) is 0 Å². The second-order valence-electron chi connectivity index (χ2n) is 8.97. The maximum Gasteiger partial charge on any atom is 0.573 e. The standard InChI is InChI=1S/C27H27F3N4O4S/c1-31-23(35)10-11-24(36)34-14-12-18(13-15-34)26-33-22(16-39-26)25(37)32-21-5-3-2-4-20(21)17-6-8-19(9-7-17)38-27(28,29)30/h2-9,16,18H,10-15H2,1H3,(H,31,35)(H,32,37). The molecule has 1 saturated heterocycles. The van der Waals surface area contributed by atoms with Crippen LogP contribution in [0.4, 0.5) is 18.9 Å². The number of alkyl halides is 3. The largest absolute Gasteiger partial charge is 0.573 e. The Morgan fingerprint density at radius 3 is 2.41 bits per heavy atom. The first-order valence-electron chi connectivity index (χ1n) is 12.3. The van der Waals surface area contributed by atoms with E-state index in [2.05, 4.69) is 20.4 Å². The van der Waals surface area contributed by atoms with E-state index in [-0.39, 0.29) is 42.0 Å². The second kappa shape index (κ2) is 12.3. The Labute approximate surface area is 227 Å². The van der Waals surface area contributed by atoms with Crippen molar-refractivity contribution in [2.24, 2.45) is 0 Å². The maximum absolute atomic E-state index is 13.0. The number of para-hydroxylation sites is 1. The molecule has 8 nitrogen and oxygen atoms in total. The predicted molar refractivity (Wildman–Crippen MR) is 140 cm³/mol. The molecule has 2 N–H and O–H groups in total. The summed E-state index contributed by atoms with van der Waals surface area (Å²) in [5, 5.41) is 7.88. The molecule has 1 fully saturated rings. The molecule has 2 heterocycles. The highest BCUT2D eigenvalue weighted by atomic mass is 32.1. The molecular weight excluding hydrogens is 533 g/mol. The molecule has 206 valence electrons. The van der Waals surface area contributed by atoms with Crippen molar-refractivity contribution in [2.45, 2.75) is 38.0 Å². The highest BCUT2D eigenvalue weighted by molar-refractivity contribution is 7.10. The van der Waals surface area contributed by atoms with Crippen LogP contribution in [-0.2, 0) is 9.59 Å². The zero-order valence-electron chi connectivity index (χ0n) is 21.1. The molecule has 0 aliphatic carbocycles. The summed E-state index contributed by atoms with van der Waals surface area (Å²) >= 11 is 1.39. The summed E-state index contributed by atoms with van der Waals surface area (Å²) in [5.74, 6) is -0.810.